The molecule has 0 aliphatic carbocycles. The molecule has 1 aliphatic heterocycles. The van der Waals surface area contributed by atoms with Gasteiger partial charge in [-0.3, -0.25) is 9.69 Å². The number of nitrogens with one attached hydrogen (secondary N) is 3. The first kappa shape index (κ1) is 31.1. The number of H-pyrrole nitrogens is 1. The molecule has 0 saturated carbocycles. The van der Waals surface area contributed by atoms with Crippen LogP contribution in [0.2, 0.25) is 0 Å². The number of aromatic nitrogens is 1. The van der Waals surface area contributed by atoms with Crippen molar-refractivity contribution in [2.75, 3.05) is 57.3 Å². The number of aromatic amines is 1. The lowest BCUT2D eigenvalue weighted by Crippen LogP contribution is -2.46. The lowest BCUT2D eigenvalue weighted by atomic mass is 10.1. The molecule has 0 bridgehead atoms. The molecule has 2 aromatic carbocycles. The first-order valence-corrected chi connectivity index (χ1v) is 15.4. The number of alkyl carbamates (subject to hydrolysis) is 1. The fraction of sp³-hybridized carbons (Fsp3) is 0.441. The maximum absolute atomic E-state index is 12.7. The summed E-state index contributed by atoms with van der Waals surface area (Å²) in [5.74, 6) is 0.195. The molecule has 1 amide bonds. The van der Waals surface area contributed by atoms with E-state index in [1.165, 1.54) is 5.69 Å². The summed E-state index contributed by atoms with van der Waals surface area (Å²) in [5, 5.41) is 16.8. The van der Waals surface area contributed by atoms with Crippen molar-refractivity contribution >= 4 is 39.4 Å². The maximum Gasteiger partial charge on any atom is 0.407 e. The Morgan fingerprint density at radius 2 is 1.82 bits per heavy atom. The Morgan fingerprint density at radius 1 is 1.00 bits per heavy atom. The van der Waals surface area contributed by atoms with Crippen molar-refractivity contribution in [2.45, 2.75) is 45.6 Å². The smallest absolute Gasteiger partial charge is 0.407 e. The van der Waals surface area contributed by atoms with Crippen LogP contribution in [0.25, 0.3) is 21.9 Å². The van der Waals surface area contributed by atoms with Crippen molar-refractivity contribution in [3.05, 3.63) is 65.5 Å². The van der Waals surface area contributed by atoms with E-state index in [9.17, 15) is 9.59 Å². The number of benzene rings is 2. The van der Waals surface area contributed by atoms with Gasteiger partial charge >= 0.3 is 6.09 Å². The third-order valence-electron chi connectivity index (χ3n) is 7.74. The monoisotopic (exact) mass is 598 g/mol. The molecule has 3 heterocycles. The fourth-order valence-corrected chi connectivity index (χ4v) is 5.50. The van der Waals surface area contributed by atoms with Gasteiger partial charge in [0, 0.05) is 66.9 Å². The molecule has 1 saturated heterocycles. The van der Waals surface area contributed by atoms with Crippen LogP contribution >= 0.6 is 0 Å². The van der Waals surface area contributed by atoms with E-state index in [4.69, 9.17) is 14.4 Å². The van der Waals surface area contributed by atoms with Gasteiger partial charge in [-0.25, -0.2) is 4.79 Å². The quantitative estimate of drug-likeness (QED) is 0.150. The summed E-state index contributed by atoms with van der Waals surface area (Å²) < 4.78 is 11.0. The van der Waals surface area contributed by atoms with E-state index in [0.717, 1.165) is 74.0 Å². The molecular formula is C34H42N6O4. The zero-order valence-electron chi connectivity index (χ0n) is 25.9. The lowest BCUT2D eigenvalue weighted by Gasteiger charge is -2.36. The minimum atomic E-state index is -0.546. The number of carbonyl (C=O) groups excluding carboxylic acids is 2. The van der Waals surface area contributed by atoms with Crippen LogP contribution in [0.1, 0.15) is 55.4 Å². The number of ketones is 1. The number of unbranched alkanes of at least 4 members (excludes halogenated alkanes) is 1. The van der Waals surface area contributed by atoms with Crippen molar-refractivity contribution in [2.24, 2.45) is 0 Å². The minimum Gasteiger partial charge on any atom is -0.453 e. The van der Waals surface area contributed by atoms with E-state index >= 15 is 0 Å². The molecule has 232 valence electrons. The normalized spacial score (nSPS) is 14.2. The molecule has 4 aromatic rings. The van der Waals surface area contributed by atoms with Crippen LogP contribution in [-0.2, 0) is 11.2 Å². The molecule has 0 unspecified atom stereocenters. The van der Waals surface area contributed by atoms with Crippen molar-refractivity contribution in [3.63, 3.8) is 0 Å². The van der Waals surface area contributed by atoms with E-state index < -0.39 is 11.7 Å². The number of ether oxygens (including phenoxy) is 1. The standard InChI is InChI=1S/C34H42N6O4/c1-34(2,3)44-33(42)37-12-11-36-23-30(41)32-21-26-20-28(8-10-31(26)43-32)40-16-14-39(15-17-40)13-5-4-6-27-19-25-18-24(22-35)7-9-29(25)38-27/h7-10,18-21,36,38H,4-6,11-17,23H2,1-3H3,(H,37,42). The Labute approximate surface area is 258 Å². The van der Waals surface area contributed by atoms with Crippen LogP contribution < -0.4 is 15.5 Å². The third kappa shape index (κ3) is 8.40. The molecule has 2 aromatic heterocycles. The van der Waals surface area contributed by atoms with Gasteiger partial charge < -0.3 is 29.7 Å². The van der Waals surface area contributed by atoms with Gasteiger partial charge in [0.05, 0.1) is 18.2 Å². The highest BCUT2D eigenvalue weighted by molar-refractivity contribution is 5.99. The summed E-state index contributed by atoms with van der Waals surface area (Å²) >= 11 is 0. The van der Waals surface area contributed by atoms with E-state index in [-0.39, 0.29) is 12.3 Å². The number of fused-ring (bicyclic) bond motifs is 2. The summed E-state index contributed by atoms with van der Waals surface area (Å²) in [6.45, 7) is 11.4. The number of nitrogens with zero attached hydrogens (tertiary/aromatic N) is 3. The number of anilines is 1. The number of amides is 1. The summed E-state index contributed by atoms with van der Waals surface area (Å²) in [4.78, 5) is 32.8. The van der Waals surface area contributed by atoms with Crippen LogP contribution in [0.15, 0.2) is 52.9 Å². The topological polar surface area (TPSA) is 127 Å². The number of hydrogen-bond acceptors (Lipinski definition) is 8. The largest absolute Gasteiger partial charge is 0.453 e. The number of rotatable bonds is 12. The highest BCUT2D eigenvalue weighted by Gasteiger charge is 2.19. The maximum atomic E-state index is 12.7. The predicted octanol–water partition coefficient (Wildman–Crippen LogP) is 5.23. The number of furan rings is 1. The van der Waals surface area contributed by atoms with Crippen molar-refractivity contribution in [3.8, 4) is 6.07 Å². The van der Waals surface area contributed by atoms with E-state index in [1.54, 1.807) is 0 Å². The molecule has 5 rings (SSSR count). The van der Waals surface area contributed by atoms with Gasteiger partial charge in [-0.1, -0.05) is 0 Å². The van der Waals surface area contributed by atoms with Crippen LogP contribution in [0.3, 0.4) is 0 Å². The minimum absolute atomic E-state index is 0.121. The number of Topliss-reactive ketones (excluding diaryl/α,β-unsaturated/α-hetero) is 1. The third-order valence-corrected chi connectivity index (χ3v) is 7.74. The molecule has 0 radical (unpaired) electrons. The average Bonchev–Trinajstić information content (AvgIpc) is 3.61. The van der Waals surface area contributed by atoms with Crippen LogP contribution in [0, 0.1) is 11.3 Å². The lowest BCUT2D eigenvalue weighted by molar-refractivity contribution is 0.0528. The van der Waals surface area contributed by atoms with Crippen molar-refractivity contribution in [1.82, 2.24) is 20.5 Å². The molecule has 44 heavy (non-hydrogen) atoms. The Hall–Kier alpha value is -4.33. The second-order valence-corrected chi connectivity index (χ2v) is 12.4. The Balaban J connectivity index is 1.02. The predicted molar refractivity (Wildman–Crippen MR) is 172 cm³/mol. The number of aryl methyl sites for hydroxylation is 1. The summed E-state index contributed by atoms with van der Waals surface area (Å²) in [6, 6.07) is 18.1. The molecule has 3 N–H and O–H groups in total. The fourth-order valence-electron chi connectivity index (χ4n) is 5.50. The SMILES string of the molecule is CC(C)(C)OC(=O)NCCNCC(=O)c1cc2cc(N3CCN(CCCCc4cc5cc(C#N)ccc5[nH]4)CC3)ccc2o1. The van der Waals surface area contributed by atoms with E-state index in [0.29, 0.717) is 30.0 Å². The Bertz CT molecular complexity index is 1630. The summed E-state index contributed by atoms with van der Waals surface area (Å²) in [7, 11) is 0. The number of piperazine rings is 1. The van der Waals surface area contributed by atoms with Gasteiger partial charge in [0.25, 0.3) is 0 Å². The number of carbonyl (C=O) groups is 2. The first-order chi connectivity index (χ1) is 21.2. The first-order valence-electron chi connectivity index (χ1n) is 15.4. The zero-order valence-corrected chi connectivity index (χ0v) is 25.9. The van der Waals surface area contributed by atoms with Crippen LogP contribution in [-0.4, -0.2) is 79.7 Å². The summed E-state index contributed by atoms with van der Waals surface area (Å²) in [5.41, 5.74) is 4.30. The second-order valence-electron chi connectivity index (χ2n) is 12.4. The number of nitriles is 1. The molecule has 10 heteroatoms. The zero-order chi connectivity index (χ0) is 31.1. The number of hydrogen-bond donors (Lipinski definition) is 3. The summed E-state index contributed by atoms with van der Waals surface area (Å²) in [6.07, 6.45) is 2.79. The van der Waals surface area contributed by atoms with E-state index in [1.807, 2.05) is 51.1 Å². The highest BCUT2D eigenvalue weighted by atomic mass is 16.6. The van der Waals surface area contributed by atoms with Gasteiger partial charge in [0.1, 0.15) is 11.2 Å². The molecule has 10 nitrogen and oxygen atoms in total. The van der Waals surface area contributed by atoms with Crippen molar-refractivity contribution < 1.29 is 18.7 Å². The van der Waals surface area contributed by atoms with Gasteiger partial charge in [0.15, 0.2) is 5.76 Å². The molecule has 0 atom stereocenters. The van der Waals surface area contributed by atoms with Gasteiger partial charge in [-0.05, 0) is 95.1 Å². The van der Waals surface area contributed by atoms with E-state index in [2.05, 4.69) is 49.7 Å². The van der Waals surface area contributed by atoms with Gasteiger partial charge in [-0.2, -0.15) is 5.26 Å². The molecule has 1 aliphatic rings. The van der Waals surface area contributed by atoms with Crippen LogP contribution in [0.5, 0.6) is 0 Å². The highest BCUT2D eigenvalue weighted by Crippen LogP contribution is 2.26. The molecular weight excluding hydrogens is 556 g/mol. The molecule has 1 fully saturated rings. The Kier molecular flexibility index (Phi) is 9.88. The van der Waals surface area contributed by atoms with Crippen molar-refractivity contribution in [1.29, 1.82) is 5.26 Å². The van der Waals surface area contributed by atoms with Crippen LogP contribution in [0.4, 0.5) is 10.5 Å². The Morgan fingerprint density at radius 3 is 2.59 bits per heavy atom. The van der Waals surface area contributed by atoms with Gasteiger partial charge in [-0.15, -0.1) is 0 Å². The average molecular weight is 599 g/mol. The second kappa shape index (κ2) is 14.0. The molecule has 0 spiro atoms. The van der Waals surface area contributed by atoms with Gasteiger partial charge in [0.2, 0.25) is 5.78 Å².